The molecule has 1 saturated carbocycles. The van der Waals surface area contributed by atoms with Crippen molar-refractivity contribution >= 4 is 45.4 Å². The smallest absolute Gasteiger partial charge is 0.217 e. The van der Waals surface area contributed by atoms with E-state index in [9.17, 15) is 4.79 Å². The molecule has 0 bridgehead atoms. The number of nitrogens with one attached hydrogen (secondary N) is 1. The van der Waals surface area contributed by atoms with E-state index in [0.29, 0.717) is 0 Å². The molecule has 1 amide bonds. The van der Waals surface area contributed by atoms with Gasteiger partial charge in [-0.25, -0.2) is 4.98 Å². The molecule has 152 valence electrons. The van der Waals surface area contributed by atoms with Crippen LogP contribution in [0.3, 0.4) is 0 Å². The van der Waals surface area contributed by atoms with Gasteiger partial charge in [-0.1, -0.05) is 19.2 Å². The van der Waals surface area contributed by atoms with Gasteiger partial charge in [0.05, 0.1) is 20.6 Å². The molecule has 1 atom stereocenters. The molecule has 29 heavy (non-hydrogen) atoms. The van der Waals surface area contributed by atoms with Crippen molar-refractivity contribution in [2.45, 2.75) is 45.8 Å². The van der Waals surface area contributed by atoms with Crippen LogP contribution in [0.15, 0.2) is 54.8 Å². The van der Waals surface area contributed by atoms with Gasteiger partial charge < -0.3 is 10.1 Å². The lowest BCUT2D eigenvalue weighted by Crippen LogP contribution is -2.31. The molecule has 2 aromatic rings. The Morgan fingerprint density at radius 3 is 2.83 bits per heavy atom. The summed E-state index contributed by atoms with van der Waals surface area (Å²) in [7, 11) is 0. The van der Waals surface area contributed by atoms with Crippen LogP contribution in [0.5, 0.6) is 5.75 Å². The molecular formula is C23H25IN2O2S. The number of benzene rings is 1. The number of carbonyl (C=O) groups excluding carboxylic acids is 1. The summed E-state index contributed by atoms with van der Waals surface area (Å²) in [5, 5.41) is 3.93. The fourth-order valence-electron chi connectivity index (χ4n) is 3.43. The molecule has 0 aliphatic heterocycles. The predicted octanol–water partition coefficient (Wildman–Crippen LogP) is 6.00. The Labute approximate surface area is 189 Å². The molecule has 3 rings (SSSR count). The number of nitrogens with zero attached hydrogens (tertiary/aromatic N) is 1. The molecule has 1 aromatic carbocycles. The van der Waals surface area contributed by atoms with Gasteiger partial charge in [0.15, 0.2) is 0 Å². The normalized spacial score (nSPS) is 18.1. The minimum absolute atomic E-state index is 0.0000723. The number of carbonyl (C=O) groups is 1. The number of halogens is 1. The standard InChI is InChI=1S/C23H25IN2O2S/c1-6-17(18-8-9-20(14(18)4)26-15(5)27)22-12-25-23(29-22)16-7-10-21(19(24)11-16)28-13(2)3/h6-7,10-13,20H,1,4,8-9H2,2-3,5H3,(H,26,27)/b18-17+. The van der Waals surface area contributed by atoms with Crippen molar-refractivity contribution in [1.82, 2.24) is 10.3 Å². The molecule has 4 nitrogen and oxygen atoms in total. The summed E-state index contributed by atoms with van der Waals surface area (Å²) in [5.74, 6) is 0.860. The lowest BCUT2D eigenvalue weighted by Gasteiger charge is -2.13. The third-order valence-corrected chi connectivity index (χ3v) is 6.63. The van der Waals surface area contributed by atoms with Gasteiger partial charge in [-0.05, 0) is 84.2 Å². The molecule has 1 fully saturated rings. The number of amides is 1. The molecule has 0 spiro atoms. The summed E-state index contributed by atoms with van der Waals surface area (Å²) in [5.41, 5.74) is 4.25. The fourth-order valence-corrected chi connectivity index (χ4v) is 5.06. The van der Waals surface area contributed by atoms with Crippen molar-refractivity contribution in [3.05, 3.63) is 63.2 Å². The zero-order valence-electron chi connectivity index (χ0n) is 16.9. The monoisotopic (exact) mass is 520 g/mol. The van der Waals surface area contributed by atoms with Crippen LogP contribution >= 0.6 is 33.9 Å². The van der Waals surface area contributed by atoms with Gasteiger partial charge in [0.25, 0.3) is 0 Å². The summed E-state index contributed by atoms with van der Waals surface area (Å²) in [6.07, 6.45) is 5.65. The van der Waals surface area contributed by atoms with Gasteiger partial charge in [-0.15, -0.1) is 11.3 Å². The number of ether oxygens (including phenoxy) is 1. The van der Waals surface area contributed by atoms with Gasteiger partial charge in [0, 0.05) is 18.7 Å². The van der Waals surface area contributed by atoms with Crippen molar-refractivity contribution in [1.29, 1.82) is 0 Å². The third kappa shape index (κ3) is 4.98. The summed E-state index contributed by atoms with van der Waals surface area (Å²) in [6, 6.07) is 6.15. The Kier molecular flexibility index (Phi) is 6.95. The van der Waals surface area contributed by atoms with E-state index in [1.807, 2.05) is 38.3 Å². The maximum Gasteiger partial charge on any atom is 0.217 e. The lowest BCUT2D eigenvalue weighted by atomic mass is 10.0. The van der Waals surface area contributed by atoms with Crippen LogP contribution in [0.1, 0.15) is 38.5 Å². The molecule has 1 aliphatic carbocycles. The Balaban J connectivity index is 1.89. The van der Waals surface area contributed by atoms with Crippen molar-refractivity contribution in [3.63, 3.8) is 0 Å². The molecular weight excluding hydrogens is 495 g/mol. The highest BCUT2D eigenvalue weighted by atomic mass is 127. The number of aromatic nitrogens is 1. The molecule has 0 radical (unpaired) electrons. The summed E-state index contributed by atoms with van der Waals surface area (Å²) in [4.78, 5) is 17.1. The maximum absolute atomic E-state index is 11.4. The lowest BCUT2D eigenvalue weighted by molar-refractivity contribution is -0.119. The SMILES string of the molecule is C=C/C(=C1/CCC(NC(C)=O)C1=C)c1cnc(-c2ccc(OC(C)C)c(I)c2)s1. The van der Waals surface area contributed by atoms with Crippen LogP contribution in [-0.2, 0) is 4.79 Å². The highest BCUT2D eigenvalue weighted by Gasteiger charge is 2.27. The minimum atomic E-state index is -0.0304. The maximum atomic E-state index is 11.4. The van der Waals surface area contributed by atoms with E-state index < -0.39 is 0 Å². The zero-order chi connectivity index (χ0) is 21.1. The van der Waals surface area contributed by atoms with E-state index in [4.69, 9.17) is 4.74 Å². The highest BCUT2D eigenvalue weighted by Crippen LogP contribution is 2.39. The van der Waals surface area contributed by atoms with Gasteiger partial charge in [0.2, 0.25) is 5.91 Å². The van der Waals surface area contributed by atoms with Gasteiger partial charge in [0.1, 0.15) is 10.8 Å². The van der Waals surface area contributed by atoms with E-state index in [-0.39, 0.29) is 18.1 Å². The Morgan fingerprint density at radius 1 is 1.45 bits per heavy atom. The summed E-state index contributed by atoms with van der Waals surface area (Å²) < 4.78 is 6.89. The number of hydrogen-bond acceptors (Lipinski definition) is 4. The quantitative estimate of drug-likeness (QED) is 0.476. The first kappa shape index (κ1) is 21.8. The van der Waals surface area contributed by atoms with Crippen molar-refractivity contribution in [3.8, 4) is 16.3 Å². The van der Waals surface area contributed by atoms with Crippen LogP contribution in [0, 0.1) is 3.57 Å². The first-order valence-corrected chi connectivity index (χ1v) is 11.4. The van der Waals surface area contributed by atoms with Gasteiger partial charge in [-0.2, -0.15) is 0 Å². The molecule has 1 N–H and O–H groups in total. The molecule has 1 aliphatic rings. The first-order valence-electron chi connectivity index (χ1n) is 9.54. The average molecular weight is 520 g/mol. The van der Waals surface area contributed by atoms with Crippen molar-refractivity contribution in [2.24, 2.45) is 0 Å². The highest BCUT2D eigenvalue weighted by molar-refractivity contribution is 14.1. The topological polar surface area (TPSA) is 51.2 Å². The second-order valence-corrected chi connectivity index (χ2v) is 9.45. The van der Waals surface area contributed by atoms with E-state index in [0.717, 1.165) is 54.3 Å². The van der Waals surface area contributed by atoms with Crippen LogP contribution in [0.25, 0.3) is 16.1 Å². The minimum Gasteiger partial charge on any atom is -0.490 e. The first-order chi connectivity index (χ1) is 13.8. The zero-order valence-corrected chi connectivity index (χ0v) is 19.9. The Bertz CT molecular complexity index is 991. The molecule has 1 unspecified atom stereocenters. The van der Waals surface area contributed by atoms with E-state index in [1.54, 1.807) is 11.3 Å². The van der Waals surface area contributed by atoms with Crippen LogP contribution in [0.2, 0.25) is 0 Å². The Hall–Kier alpha value is -1.93. The second kappa shape index (κ2) is 9.26. The van der Waals surface area contributed by atoms with Crippen LogP contribution in [0.4, 0.5) is 0 Å². The molecule has 0 saturated heterocycles. The number of rotatable bonds is 6. The molecule has 1 aromatic heterocycles. The fraction of sp³-hybridized carbons (Fsp3) is 0.304. The number of hydrogen-bond donors (Lipinski definition) is 1. The molecule has 6 heteroatoms. The van der Waals surface area contributed by atoms with Gasteiger partial charge in [-0.3, -0.25) is 4.79 Å². The van der Waals surface area contributed by atoms with Crippen LogP contribution < -0.4 is 10.1 Å². The van der Waals surface area contributed by atoms with E-state index >= 15 is 0 Å². The van der Waals surface area contributed by atoms with Crippen LogP contribution in [-0.4, -0.2) is 23.0 Å². The van der Waals surface area contributed by atoms with Crippen molar-refractivity contribution < 1.29 is 9.53 Å². The van der Waals surface area contributed by atoms with Gasteiger partial charge >= 0.3 is 0 Å². The third-order valence-electron chi connectivity index (χ3n) is 4.71. The predicted molar refractivity (Wildman–Crippen MR) is 129 cm³/mol. The summed E-state index contributed by atoms with van der Waals surface area (Å²) in [6.45, 7) is 13.8. The second-order valence-electron chi connectivity index (χ2n) is 7.25. The average Bonchev–Trinajstić information content (AvgIpc) is 3.26. The number of allylic oxidation sites excluding steroid dienone is 2. The Morgan fingerprint density at radius 2 is 2.21 bits per heavy atom. The van der Waals surface area contributed by atoms with E-state index in [2.05, 4.69) is 52.1 Å². The molecule has 1 heterocycles. The van der Waals surface area contributed by atoms with Crippen molar-refractivity contribution in [2.75, 3.05) is 0 Å². The number of thiazole rings is 1. The summed E-state index contributed by atoms with van der Waals surface area (Å²) >= 11 is 3.94. The van der Waals surface area contributed by atoms with E-state index in [1.165, 1.54) is 6.92 Å². The largest absolute Gasteiger partial charge is 0.490 e.